The van der Waals surface area contributed by atoms with Crippen molar-refractivity contribution in [1.29, 1.82) is 0 Å². The minimum atomic E-state index is -0.867. The Morgan fingerprint density at radius 2 is 2.23 bits per heavy atom. The molecule has 122 valence electrons. The minimum absolute atomic E-state index is 0.0389. The second-order valence-corrected chi connectivity index (χ2v) is 6.36. The Kier molecular flexibility index (Phi) is 5.18. The summed E-state index contributed by atoms with van der Waals surface area (Å²) < 4.78 is 0. The van der Waals surface area contributed by atoms with Crippen molar-refractivity contribution < 1.29 is 14.7 Å². The number of aromatic amines is 1. The first-order chi connectivity index (χ1) is 10.4. The molecule has 0 unspecified atom stereocenters. The van der Waals surface area contributed by atoms with Crippen LogP contribution in [0.1, 0.15) is 45.2 Å². The molecule has 1 fully saturated rings. The highest BCUT2D eigenvalue weighted by Gasteiger charge is 2.43. The predicted octanol–water partition coefficient (Wildman–Crippen LogP) is 0.859. The lowest BCUT2D eigenvalue weighted by Gasteiger charge is -2.30. The summed E-state index contributed by atoms with van der Waals surface area (Å²) in [5.74, 6) is -0.619. The molecule has 0 aromatic carbocycles. The Morgan fingerprint density at radius 1 is 1.50 bits per heavy atom. The minimum Gasteiger partial charge on any atom is -0.480 e. The van der Waals surface area contributed by atoms with Gasteiger partial charge in [-0.05, 0) is 18.8 Å². The van der Waals surface area contributed by atoms with Crippen LogP contribution in [0, 0.1) is 5.92 Å². The standard InChI is InChI=1S/C15H24N4O3/c1-8(2)4-11(18-9(3)20)14-10(13-6-16-7-17-13)5-12(19-14)15(21)22/h6-8,10-12,14,19H,4-5H2,1-3H3,(H,16,17)(H,18,20)(H,21,22)/t10-,11-,12+,14+/m0/s1. The number of carbonyl (C=O) groups excluding carboxylic acids is 1. The third kappa shape index (κ3) is 3.85. The average Bonchev–Trinajstić information content (AvgIpc) is 3.06. The molecule has 1 amide bonds. The SMILES string of the molecule is CC(=O)N[C@@H](CC(C)C)[C@@H]1N[C@@H](C(=O)O)C[C@H]1c1c[nH]cn1. The number of H-pyrrole nitrogens is 1. The van der Waals surface area contributed by atoms with E-state index in [0.29, 0.717) is 12.3 Å². The third-order valence-corrected chi connectivity index (χ3v) is 4.06. The molecule has 1 aromatic heterocycles. The highest BCUT2D eigenvalue weighted by atomic mass is 16.4. The fourth-order valence-electron chi connectivity index (χ4n) is 3.23. The molecule has 1 aliphatic rings. The van der Waals surface area contributed by atoms with Crippen molar-refractivity contribution in [3.8, 4) is 0 Å². The van der Waals surface area contributed by atoms with Crippen LogP contribution in [0.25, 0.3) is 0 Å². The molecule has 0 bridgehead atoms. The molecular weight excluding hydrogens is 284 g/mol. The zero-order chi connectivity index (χ0) is 16.3. The lowest BCUT2D eigenvalue weighted by Crippen LogP contribution is -2.51. The Bertz CT molecular complexity index is 515. The number of carbonyl (C=O) groups is 2. The third-order valence-electron chi connectivity index (χ3n) is 4.06. The van der Waals surface area contributed by atoms with Crippen molar-refractivity contribution in [1.82, 2.24) is 20.6 Å². The number of hydrogen-bond acceptors (Lipinski definition) is 4. The first kappa shape index (κ1) is 16.5. The predicted molar refractivity (Wildman–Crippen MR) is 81.4 cm³/mol. The molecule has 2 heterocycles. The molecule has 7 heteroatoms. The van der Waals surface area contributed by atoms with Gasteiger partial charge in [-0.3, -0.25) is 14.9 Å². The van der Waals surface area contributed by atoms with Gasteiger partial charge in [0.25, 0.3) is 0 Å². The number of rotatable bonds is 6. The van der Waals surface area contributed by atoms with Crippen LogP contribution in [0.4, 0.5) is 0 Å². The lowest BCUT2D eigenvalue weighted by molar-refractivity contribution is -0.139. The second kappa shape index (κ2) is 6.91. The van der Waals surface area contributed by atoms with Crippen molar-refractivity contribution in [2.24, 2.45) is 5.92 Å². The van der Waals surface area contributed by atoms with E-state index in [1.807, 2.05) is 0 Å². The van der Waals surface area contributed by atoms with Crippen molar-refractivity contribution in [2.45, 2.75) is 57.7 Å². The van der Waals surface area contributed by atoms with E-state index in [9.17, 15) is 14.7 Å². The maximum atomic E-state index is 11.5. The van der Waals surface area contributed by atoms with Gasteiger partial charge in [0.2, 0.25) is 5.91 Å². The summed E-state index contributed by atoms with van der Waals surface area (Å²) >= 11 is 0. The van der Waals surface area contributed by atoms with Gasteiger partial charge in [-0.1, -0.05) is 13.8 Å². The summed E-state index contributed by atoms with van der Waals surface area (Å²) in [6.07, 6.45) is 4.64. The van der Waals surface area contributed by atoms with E-state index in [1.165, 1.54) is 6.92 Å². The zero-order valence-corrected chi connectivity index (χ0v) is 13.2. The first-order valence-electron chi connectivity index (χ1n) is 7.63. The number of aromatic nitrogens is 2. The van der Waals surface area contributed by atoms with E-state index in [1.54, 1.807) is 12.5 Å². The topological polar surface area (TPSA) is 107 Å². The Balaban J connectivity index is 2.25. The van der Waals surface area contributed by atoms with Crippen molar-refractivity contribution >= 4 is 11.9 Å². The van der Waals surface area contributed by atoms with Crippen LogP contribution in [-0.4, -0.2) is 45.1 Å². The monoisotopic (exact) mass is 308 g/mol. The molecule has 0 aliphatic carbocycles. The fourth-order valence-corrected chi connectivity index (χ4v) is 3.23. The highest BCUT2D eigenvalue weighted by molar-refractivity contribution is 5.75. The van der Waals surface area contributed by atoms with Gasteiger partial charge >= 0.3 is 5.97 Å². The normalized spacial score (nSPS) is 26.1. The number of carboxylic acid groups (broad SMARTS) is 1. The summed E-state index contributed by atoms with van der Waals surface area (Å²) in [4.78, 5) is 30.1. The van der Waals surface area contributed by atoms with E-state index >= 15 is 0 Å². The fraction of sp³-hybridized carbons (Fsp3) is 0.667. The van der Waals surface area contributed by atoms with Gasteiger partial charge in [0.15, 0.2) is 0 Å². The molecule has 22 heavy (non-hydrogen) atoms. The van der Waals surface area contributed by atoms with E-state index in [0.717, 1.165) is 12.1 Å². The molecule has 1 aliphatic heterocycles. The van der Waals surface area contributed by atoms with Gasteiger partial charge in [-0.25, -0.2) is 4.98 Å². The number of amides is 1. The van der Waals surface area contributed by atoms with Gasteiger partial charge in [-0.15, -0.1) is 0 Å². The first-order valence-corrected chi connectivity index (χ1v) is 7.63. The summed E-state index contributed by atoms with van der Waals surface area (Å²) in [6, 6.07) is -0.880. The molecular formula is C15H24N4O3. The largest absolute Gasteiger partial charge is 0.480 e. The van der Waals surface area contributed by atoms with Crippen LogP contribution in [0.3, 0.4) is 0 Å². The summed E-state index contributed by atoms with van der Waals surface area (Å²) in [7, 11) is 0. The van der Waals surface area contributed by atoms with Crippen LogP contribution < -0.4 is 10.6 Å². The van der Waals surface area contributed by atoms with Gasteiger partial charge in [-0.2, -0.15) is 0 Å². The molecule has 1 saturated heterocycles. The Morgan fingerprint density at radius 3 is 2.73 bits per heavy atom. The molecule has 1 aromatic rings. The van der Waals surface area contributed by atoms with E-state index in [2.05, 4.69) is 34.4 Å². The van der Waals surface area contributed by atoms with Gasteiger partial charge in [0.1, 0.15) is 6.04 Å². The summed E-state index contributed by atoms with van der Waals surface area (Å²) in [5.41, 5.74) is 0.834. The van der Waals surface area contributed by atoms with Crippen LogP contribution >= 0.6 is 0 Å². The molecule has 7 nitrogen and oxygen atoms in total. The van der Waals surface area contributed by atoms with E-state index in [-0.39, 0.29) is 23.9 Å². The molecule has 2 rings (SSSR count). The van der Waals surface area contributed by atoms with Crippen LogP contribution in [0.5, 0.6) is 0 Å². The highest BCUT2D eigenvalue weighted by Crippen LogP contribution is 2.33. The average molecular weight is 308 g/mol. The molecule has 0 spiro atoms. The number of aliphatic carboxylic acids is 1. The lowest BCUT2D eigenvalue weighted by atomic mass is 9.87. The maximum absolute atomic E-state index is 11.5. The van der Waals surface area contributed by atoms with Gasteiger partial charge < -0.3 is 15.4 Å². The summed E-state index contributed by atoms with van der Waals surface area (Å²) in [5, 5.41) is 15.5. The number of hydrogen-bond donors (Lipinski definition) is 4. The van der Waals surface area contributed by atoms with Crippen molar-refractivity contribution in [3.63, 3.8) is 0 Å². The van der Waals surface area contributed by atoms with Gasteiger partial charge in [0, 0.05) is 31.1 Å². The molecule has 0 radical (unpaired) electrons. The number of carboxylic acids is 1. The zero-order valence-electron chi connectivity index (χ0n) is 13.2. The van der Waals surface area contributed by atoms with E-state index < -0.39 is 12.0 Å². The quantitative estimate of drug-likeness (QED) is 0.623. The molecule has 4 atom stereocenters. The van der Waals surface area contributed by atoms with Crippen LogP contribution in [-0.2, 0) is 9.59 Å². The summed E-state index contributed by atoms with van der Waals surface area (Å²) in [6.45, 7) is 5.66. The van der Waals surface area contributed by atoms with Crippen molar-refractivity contribution in [3.05, 3.63) is 18.2 Å². The number of nitrogens with zero attached hydrogens (tertiary/aromatic N) is 1. The Hall–Kier alpha value is -1.89. The second-order valence-electron chi connectivity index (χ2n) is 6.36. The maximum Gasteiger partial charge on any atom is 0.320 e. The van der Waals surface area contributed by atoms with Crippen LogP contribution in [0.2, 0.25) is 0 Å². The number of nitrogens with one attached hydrogen (secondary N) is 3. The van der Waals surface area contributed by atoms with Crippen LogP contribution in [0.15, 0.2) is 12.5 Å². The number of imidazole rings is 1. The van der Waals surface area contributed by atoms with E-state index in [4.69, 9.17) is 0 Å². The Labute approximate surface area is 129 Å². The molecule has 4 N–H and O–H groups in total. The molecule has 0 saturated carbocycles. The van der Waals surface area contributed by atoms with Gasteiger partial charge in [0.05, 0.1) is 12.0 Å². The van der Waals surface area contributed by atoms with Crippen molar-refractivity contribution in [2.75, 3.05) is 0 Å². The smallest absolute Gasteiger partial charge is 0.320 e.